The highest BCUT2D eigenvalue weighted by molar-refractivity contribution is 7.15. The summed E-state index contributed by atoms with van der Waals surface area (Å²) in [5.74, 6) is 0.476. The van der Waals surface area contributed by atoms with Crippen molar-refractivity contribution in [1.29, 1.82) is 0 Å². The molecule has 8 heteroatoms. The van der Waals surface area contributed by atoms with Gasteiger partial charge in [-0.25, -0.2) is 9.78 Å². The van der Waals surface area contributed by atoms with Gasteiger partial charge in [0.05, 0.1) is 23.4 Å². The molecule has 1 aliphatic heterocycles. The molecule has 0 fully saturated rings. The number of benzene rings is 3. The molecule has 0 spiro atoms. The maximum atomic E-state index is 13.8. The highest BCUT2D eigenvalue weighted by atomic mass is 32.1. The molecule has 6 rings (SSSR count). The number of pyridine rings is 1. The van der Waals surface area contributed by atoms with Crippen molar-refractivity contribution < 1.29 is 23.8 Å². The summed E-state index contributed by atoms with van der Waals surface area (Å²) < 4.78 is 16.3. The Morgan fingerprint density at radius 1 is 0.974 bits per heavy atom. The van der Waals surface area contributed by atoms with Crippen molar-refractivity contribution >= 4 is 39.1 Å². The average Bonchev–Trinajstić information content (AvgIpc) is 3.59. The van der Waals surface area contributed by atoms with Crippen LogP contribution in [0.25, 0.3) is 33.3 Å². The number of para-hydroxylation sites is 1. The van der Waals surface area contributed by atoms with Crippen LogP contribution >= 0.6 is 11.3 Å². The molecule has 39 heavy (non-hydrogen) atoms. The molecule has 1 N–H and O–H groups in total. The number of nitrogens with one attached hydrogen (secondary N) is 1. The fraction of sp³-hybridized carbons (Fsp3) is 0.129. The summed E-state index contributed by atoms with van der Waals surface area (Å²) in [7, 11) is 0. The lowest BCUT2D eigenvalue weighted by molar-refractivity contribution is 0.0529. The van der Waals surface area contributed by atoms with Gasteiger partial charge in [-0.3, -0.25) is 4.79 Å². The quantitative estimate of drug-likeness (QED) is 0.233. The van der Waals surface area contributed by atoms with E-state index in [1.807, 2.05) is 79.0 Å². The minimum absolute atomic E-state index is 0.172. The second-order valence-corrected chi connectivity index (χ2v) is 9.91. The molecule has 0 bridgehead atoms. The van der Waals surface area contributed by atoms with E-state index in [0.29, 0.717) is 44.2 Å². The number of esters is 1. The lowest BCUT2D eigenvalue weighted by Crippen LogP contribution is -2.15. The standard InChI is InChI=1S/C31H24N2O5S/c1-3-36-31(35)28-23(19-10-8-18(2)9-11-19)16-39-30(28)33-29(34)22-15-25(32-24-7-5-4-6-21(22)24)20-12-13-26-27(14-20)38-17-37-26/h4-16H,3,17H2,1-2H3,(H,33,34). The highest BCUT2D eigenvalue weighted by Crippen LogP contribution is 2.38. The van der Waals surface area contributed by atoms with E-state index in [2.05, 4.69) is 5.32 Å². The lowest BCUT2D eigenvalue weighted by atomic mass is 10.0. The summed E-state index contributed by atoms with van der Waals surface area (Å²) in [4.78, 5) is 31.6. The number of hydrogen-bond acceptors (Lipinski definition) is 7. The highest BCUT2D eigenvalue weighted by Gasteiger charge is 2.24. The van der Waals surface area contributed by atoms with Crippen LogP contribution in [0.15, 0.2) is 78.2 Å². The molecule has 0 saturated carbocycles. The predicted octanol–water partition coefficient (Wildman–Crippen LogP) is 7.10. The molecule has 0 saturated heterocycles. The van der Waals surface area contributed by atoms with Crippen LogP contribution in [0.3, 0.4) is 0 Å². The Hall–Kier alpha value is -4.69. The number of nitrogens with zero attached hydrogens (tertiary/aromatic N) is 1. The van der Waals surface area contributed by atoms with Crippen LogP contribution in [-0.2, 0) is 4.74 Å². The zero-order valence-electron chi connectivity index (χ0n) is 21.3. The van der Waals surface area contributed by atoms with Crippen molar-refractivity contribution in [3.05, 3.63) is 94.9 Å². The van der Waals surface area contributed by atoms with Crippen LogP contribution in [-0.4, -0.2) is 30.3 Å². The number of hydrogen-bond donors (Lipinski definition) is 1. The molecule has 2 aromatic heterocycles. The van der Waals surface area contributed by atoms with Crippen LogP contribution in [0.5, 0.6) is 11.5 Å². The number of carbonyl (C=O) groups excluding carboxylic acids is 2. The minimum Gasteiger partial charge on any atom is -0.462 e. The van der Waals surface area contributed by atoms with E-state index in [1.165, 1.54) is 11.3 Å². The third kappa shape index (κ3) is 4.70. The molecular formula is C31H24N2O5S. The number of fused-ring (bicyclic) bond motifs is 2. The van der Waals surface area contributed by atoms with Gasteiger partial charge >= 0.3 is 5.97 Å². The fourth-order valence-corrected chi connectivity index (χ4v) is 5.49. The Kier molecular flexibility index (Phi) is 6.46. The van der Waals surface area contributed by atoms with Crippen molar-refractivity contribution in [1.82, 2.24) is 4.98 Å². The van der Waals surface area contributed by atoms with Crippen LogP contribution < -0.4 is 14.8 Å². The number of ether oxygens (including phenoxy) is 3. The molecule has 0 unspecified atom stereocenters. The van der Waals surface area contributed by atoms with Crippen molar-refractivity contribution in [2.24, 2.45) is 0 Å². The summed E-state index contributed by atoms with van der Waals surface area (Å²) in [6.07, 6.45) is 0. The van der Waals surface area contributed by atoms with Gasteiger partial charge < -0.3 is 19.5 Å². The number of carbonyl (C=O) groups is 2. The zero-order chi connectivity index (χ0) is 26.9. The first kappa shape index (κ1) is 24.6. The van der Waals surface area contributed by atoms with Gasteiger partial charge in [0.15, 0.2) is 11.5 Å². The Labute approximate surface area is 229 Å². The van der Waals surface area contributed by atoms with Crippen LogP contribution in [0, 0.1) is 6.92 Å². The molecule has 0 aliphatic carbocycles. The Morgan fingerprint density at radius 2 is 1.74 bits per heavy atom. The molecule has 7 nitrogen and oxygen atoms in total. The van der Waals surface area contributed by atoms with Gasteiger partial charge in [0.2, 0.25) is 6.79 Å². The number of amides is 1. The molecule has 5 aromatic rings. The fourth-order valence-electron chi connectivity index (χ4n) is 4.54. The monoisotopic (exact) mass is 536 g/mol. The second-order valence-electron chi connectivity index (χ2n) is 9.03. The van der Waals surface area contributed by atoms with Crippen molar-refractivity contribution in [3.63, 3.8) is 0 Å². The van der Waals surface area contributed by atoms with Gasteiger partial charge in [0.25, 0.3) is 5.91 Å². The van der Waals surface area contributed by atoms with E-state index in [9.17, 15) is 9.59 Å². The zero-order valence-corrected chi connectivity index (χ0v) is 22.1. The maximum Gasteiger partial charge on any atom is 0.341 e. The van der Waals surface area contributed by atoms with Gasteiger partial charge in [0, 0.05) is 21.9 Å². The van der Waals surface area contributed by atoms with E-state index < -0.39 is 5.97 Å². The first-order valence-electron chi connectivity index (χ1n) is 12.5. The van der Waals surface area contributed by atoms with Crippen molar-refractivity contribution in [3.8, 4) is 33.9 Å². The van der Waals surface area contributed by atoms with Crippen molar-refractivity contribution in [2.75, 3.05) is 18.7 Å². The summed E-state index contributed by atoms with van der Waals surface area (Å²) in [5, 5.41) is 5.99. The largest absolute Gasteiger partial charge is 0.462 e. The third-order valence-electron chi connectivity index (χ3n) is 6.49. The molecule has 0 radical (unpaired) electrons. The van der Waals surface area contributed by atoms with E-state index in [-0.39, 0.29) is 19.3 Å². The van der Waals surface area contributed by atoms with Gasteiger partial charge in [-0.2, -0.15) is 0 Å². The first-order chi connectivity index (χ1) is 19.0. The van der Waals surface area contributed by atoms with Gasteiger partial charge in [0.1, 0.15) is 10.6 Å². The maximum absolute atomic E-state index is 13.8. The summed E-state index contributed by atoms with van der Waals surface area (Å²) in [6.45, 7) is 4.16. The molecule has 0 atom stereocenters. The minimum atomic E-state index is -0.481. The van der Waals surface area contributed by atoms with Gasteiger partial charge in [-0.05, 0) is 49.7 Å². The Balaban J connectivity index is 1.41. The number of aryl methyl sites for hydroxylation is 1. The SMILES string of the molecule is CCOC(=O)c1c(-c2ccc(C)cc2)csc1NC(=O)c1cc(-c2ccc3c(c2)OCO3)nc2ccccc12. The van der Waals surface area contributed by atoms with E-state index in [0.717, 1.165) is 22.3 Å². The number of anilines is 1. The first-order valence-corrected chi connectivity index (χ1v) is 13.4. The molecule has 1 aliphatic rings. The predicted molar refractivity (Wildman–Crippen MR) is 152 cm³/mol. The normalized spacial score (nSPS) is 11.9. The van der Waals surface area contributed by atoms with Gasteiger partial charge in [-0.15, -0.1) is 11.3 Å². The molecule has 3 aromatic carbocycles. The molecular weight excluding hydrogens is 512 g/mol. The van der Waals surface area contributed by atoms with E-state index >= 15 is 0 Å². The number of aromatic nitrogens is 1. The molecule has 3 heterocycles. The molecule has 1 amide bonds. The lowest BCUT2D eigenvalue weighted by Gasteiger charge is -2.12. The van der Waals surface area contributed by atoms with Gasteiger partial charge in [-0.1, -0.05) is 48.0 Å². The summed E-state index contributed by atoms with van der Waals surface area (Å²) in [5.41, 5.74) is 5.58. The average molecular weight is 537 g/mol. The van der Waals surface area contributed by atoms with Crippen molar-refractivity contribution in [2.45, 2.75) is 13.8 Å². The summed E-state index contributed by atoms with van der Waals surface area (Å²) in [6, 6.07) is 22.7. The summed E-state index contributed by atoms with van der Waals surface area (Å²) >= 11 is 1.29. The van der Waals surface area contributed by atoms with E-state index in [4.69, 9.17) is 19.2 Å². The number of thiophene rings is 1. The van der Waals surface area contributed by atoms with Crippen LogP contribution in [0.2, 0.25) is 0 Å². The topological polar surface area (TPSA) is 86.8 Å². The molecule has 194 valence electrons. The third-order valence-corrected chi connectivity index (χ3v) is 7.38. The Morgan fingerprint density at radius 3 is 2.56 bits per heavy atom. The Bertz CT molecular complexity index is 1730. The second kappa shape index (κ2) is 10.2. The number of rotatable bonds is 6. The smallest absolute Gasteiger partial charge is 0.341 e. The van der Waals surface area contributed by atoms with Crippen LogP contribution in [0.1, 0.15) is 33.2 Å². The van der Waals surface area contributed by atoms with E-state index in [1.54, 1.807) is 13.0 Å². The van der Waals surface area contributed by atoms with Crippen LogP contribution in [0.4, 0.5) is 5.00 Å².